The van der Waals surface area contributed by atoms with Crippen LogP contribution in [-0.2, 0) is 37.7 Å². The molecule has 3 aliphatic rings. The van der Waals surface area contributed by atoms with E-state index in [0.717, 1.165) is 39.8 Å². The van der Waals surface area contributed by atoms with Gasteiger partial charge in [0.2, 0.25) is 0 Å². The molecule has 5 heteroatoms. The Morgan fingerprint density at radius 3 is 2.22 bits per heavy atom. The van der Waals surface area contributed by atoms with E-state index in [9.17, 15) is 4.57 Å². The van der Waals surface area contributed by atoms with Crippen molar-refractivity contribution in [1.29, 1.82) is 0 Å². The third-order valence-electron chi connectivity index (χ3n) is 9.99. The topological polar surface area (TPSA) is 39.2 Å². The first kappa shape index (κ1) is 34.1. The molecular formula is C40H48IrNO2P-2. The zero-order valence-corrected chi connectivity index (χ0v) is 30.7. The molecule has 0 saturated heterocycles. The van der Waals surface area contributed by atoms with Crippen LogP contribution in [0.15, 0.2) is 54.6 Å². The number of nitrogens with zero attached hydrogens (tertiary/aromatic N) is 1. The summed E-state index contributed by atoms with van der Waals surface area (Å²) in [6, 6.07) is 25.6. The molecule has 7 rings (SSSR count). The summed E-state index contributed by atoms with van der Waals surface area (Å²) >= 11 is 0. The molecule has 3 nitrogen and oxygen atoms in total. The van der Waals surface area contributed by atoms with Crippen molar-refractivity contribution >= 4 is 23.3 Å². The minimum Gasteiger partial charge on any atom is -0.506 e. The van der Waals surface area contributed by atoms with Crippen molar-refractivity contribution in [3.63, 3.8) is 0 Å². The third-order valence-corrected chi connectivity index (χ3v) is 14.2. The number of aryl methyl sites for hydroxylation is 2. The predicted octanol–water partition coefficient (Wildman–Crippen LogP) is 10.5. The number of benzene rings is 3. The number of hydrogen-bond donors (Lipinski definition) is 0. The maximum absolute atomic E-state index is 14.1. The molecule has 0 N–H and O–H groups in total. The van der Waals surface area contributed by atoms with Gasteiger partial charge in [-0.25, -0.2) is 0 Å². The van der Waals surface area contributed by atoms with Crippen LogP contribution in [0, 0.1) is 31.9 Å². The third kappa shape index (κ3) is 7.35. The van der Waals surface area contributed by atoms with Crippen LogP contribution in [-0.4, -0.2) is 16.3 Å². The molecule has 1 aliphatic heterocycles. The second-order valence-electron chi connectivity index (χ2n) is 13.7. The quantitative estimate of drug-likeness (QED) is 0.149. The number of ether oxygens (including phenoxy) is 1. The van der Waals surface area contributed by atoms with Gasteiger partial charge in [0.15, 0.2) is 0 Å². The molecule has 45 heavy (non-hydrogen) atoms. The molecule has 1 radical (unpaired) electrons. The Morgan fingerprint density at radius 1 is 0.911 bits per heavy atom. The van der Waals surface area contributed by atoms with Crippen LogP contribution in [0.3, 0.4) is 0 Å². The monoisotopic (exact) mass is 798 g/mol. The smallest absolute Gasteiger partial charge is 0.104 e. The van der Waals surface area contributed by atoms with E-state index in [1.807, 2.05) is 18.2 Å². The fourth-order valence-corrected chi connectivity index (χ4v) is 12.1. The Bertz CT molecular complexity index is 1620. The minimum atomic E-state index is -2.28. The average Bonchev–Trinajstić information content (AvgIpc) is 3.05. The van der Waals surface area contributed by atoms with E-state index >= 15 is 0 Å². The van der Waals surface area contributed by atoms with Gasteiger partial charge in [0.25, 0.3) is 0 Å². The van der Waals surface area contributed by atoms with E-state index < -0.39 is 7.14 Å². The molecule has 0 amide bonds. The van der Waals surface area contributed by atoms with Gasteiger partial charge in [-0.1, -0.05) is 83.9 Å². The molecule has 1 aromatic heterocycles. The number of rotatable bonds is 5. The molecule has 4 aromatic rings. The maximum Gasteiger partial charge on any atom is 0.104 e. The van der Waals surface area contributed by atoms with Gasteiger partial charge in [0, 0.05) is 42.5 Å². The Morgan fingerprint density at radius 2 is 1.60 bits per heavy atom. The first-order valence-electron chi connectivity index (χ1n) is 17.0. The van der Waals surface area contributed by atoms with Gasteiger partial charge in [0.1, 0.15) is 5.75 Å². The van der Waals surface area contributed by atoms with E-state index in [-0.39, 0.29) is 20.1 Å². The summed E-state index contributed by atoms with van der Waals surface area (Å²) in [5.74, 6) is 1.50. The summed E-state index contributed by atoms with van der Waals surface area (Å²) in [7, 11) is -2.28. The largest absolute Gasteiger partial charge is 0.506 e. The van der Waals surface area contributed by atoms with Crippen LogP contribution in [0.1, 0.15) is 100 Å². The number of aromatic nitrogens is 1. The average molecular weight is 798 g/mol. The SMILES string of the molecule is Cc1[c-]c2c(c(C)c1)COc1cc3c(CC(C)C)cccc3nc1-2.O=P(c1[c-]cccc1)(C1CCCCC1)C1CCCCC1.[Ir]. The summed E-state index contributed by atoms with van der Waals surface area (Å²) < 4.78 is 20.1. The fraction of sp³-hybridized carbons (Fsp3) is 0.475. The molecule has 241 valence electrons. The number of fused-ring (bicyclic) bond motifs is 4. The summed E-state index contributed by atoms with van der Waals surface area (Å²) in [5, 5.41) is 2.26. The normalized spacial score (nSPS) is 17.0. The zero-order valence-electron chi connectivity index (χ0n) is 27.5. The van der Waals surface area contributed by atoms with Crippen molar-refractivity contribution in [2.24, 2.45) is 5.92 Å². The molecule has 0 spiro atoms. The van der Waals surface area contributed by atoms with Crippen molar-refractivity contribution in [1.82, 2.24) is 4.98 Å². The summed E-state index contributed by atoms with van der Waals surface area (Å²) in [6.07, 6.45) is 13.5. The van der Waals surface area contributed by atoms with Gasteiger partial charge in [-0.2, -0.15) is 30.3 Å². The van der Waals surface area contributed by atoms with Gasteiger partial charge in [0.05, 0.1) is 19.3 Å². The molecule has 2 fully saturated rings. The Kier molecular flexibility index (Phi) is 11.4. The van der Waals surface area contributed by atoms with E-state index in [4.69, 9.17) is 9.72 Å². The fourth-order valence-electron chi connectivity index (χ4n) is 7.82. The molecule has 2 aliphatic carbocycles. The van der Waals surface area contributed by atoms with Crippen LogP contribution in [0.25, 0.3) is 22.2 Å². The molecule has 2 saturated carbocycles. The number of hydrogen-bond acceptors (Lipinski definition) is 3. The predicted molar refractivity (Wildman–Crippen MR) is 185 cm³/mol. The first-order chi connectivity index (χ1) is 21.3. The Hall–Kier alpha value is -2.25. The van der Waals surface area contributed by atoms with Crippen LogP contribution < -0.4 is 10.0 Å². The molecule has 3 aromatic carbocycles. The second kappa shape index (κ2) is 15.1. The molecular weight excluding hydrogens is 750 g/mol. The van der Waals surface area contributed by atoms with Crippen molar-refractivity contribution < 1.29 is 29.4 Å². The molecule has 0 unspecified atom stereocenters. The van der Waals surface area contributed by atoms with Crippen LogP contribution in [0.5, 0.6) is 5.75 Å². The van der Waals surface area contributed by atoms with Crippen LogP contribution in [0.4, 0.5) is 0 Å². The van der Waals surface area contributed by atoms with Gasteiger partial charge in [-0.05, 0) is 55.7 Å². The van der Waals surface area contributed by atoms with E-state index in [1.165, 1.54) is 86.3 Å². The Balaban J connectivity index is 0.000000177. The van der Waals surface area contributed by atoms with Gasteiger partial charge in [-0.3, -0.25) is 4.98 Å². The van der Waals surface area contributed by atoms with Crippen molar-refractivity contribution in [2.75, 3.05) is 0 Å². The van der Waals surface area contributed by atoms with Crippen LogP contribution in [0.2, 0.25) is 0 Å². The Labute approximate surface area is 284 Å². The second-order valence-corrected chi connectivity index (χ2v) is 17.1. The molecule has 0 atom stereocenters. The van der Waals surface area contributed by atoms with Gasteiger partial charge < -0.3 is 9.30 Å². The van der Waals surface area contributed by atoms with Crippen molar-refractivity contribution in [3.8, 4) is 17.0 Å². The van der Waals surface area contributed by atoms with Gasteiger partial charge in [-0.15, -0.1) is 34.1 Å². The standard InChI is InChI=1S/C22H22NO.C18H26OP.Ir/c1-13(2)8-16-6-5-7-20-17(16)11-21-22(23-20)18-10-14(3)9-15(4)19(18)12-24-21;19-20(16-10-4-1-5-11-16,17-12-6-2-7-13-17)18-14-8-3-9-15-18;/h5-7,9,11,13H,8,12H2,1-4H3;1,4-5,10,17-18H,2-3,6-9,12-15H2;/q2*-1;. The zero-order chi connectivity index (χ0) is 30.7. The van der Waals surface area contributed by atoms with Gasteiger partial charge >= 0.3 is 0 Å². The van der Waals surface area contributed by atoms with Crippen LogP contribution >= 0.6 is 7.14 Å². The van der Waals surface area contributed by atoms with Crippen molar-refractivity contribution in [2.45, 2.75) is 116 Å². The molecule has 0 bridgehead atoms. The van der Waals surface area contributed by atoms with E-state index in [1.54, 1.807) is 0 Å². The maximum atomic E-state index is 14.1. The summed E-state index contributed by atoms with van der Waals surface area (Å²) in [6.45, 7) is 9.32. The number of pyridine rings is 1. The summed E-state index contributed by atoms with van der Waals surface area (Å²) in [5.41, 5.74) is 8.90. The summed E-state index contributed by atoms with van der Waals surface area (Å²) in [4.78, 5) is 4.95. The van der Waals surface area contributed by atoms with Crippen molar-refractivity contribution in [3.05, 3.63) is 89.0 Å². The van der Waals surface area contributed by atoms with E-state index in [2.05, 4.69) is 76.2 Å². The first-order valence-corrected chi connectivity index (χ1v) is 18.8. The van der Waals surface area contributed by atoms with E-state index in [0.29, 0.717) is 23.8 Å². The molecule has 2 heterocycles. The minimum absolute atomic E-state index is 0.